The minimum atomic E-state index is 0.720. The summed E-state index contributed by atoms with van der Waals surface area (Å²) in [4.78, 5) is 4.30. The first kappa shape index (κ1) is 13.3. The van der Waals surface area contributed by atoms with Crippen LogP contribution >= 0.6 is 23.4 Å². The van der Waals surface area contributed by atoms with Gasteiger partial charge in [0.25, 0.3) is 0 Å². The van der Waals surface area contributed by atoms with E-state index < -0.39 is 0 Å². The highest BCUT2D eigenvalue weighted by Gasteiger charge is 2.16. The number of pyridine rings is 1. The Morgan fingerprint density at radius 3 is 2.70 bits per heavy atom. The first-order chi connectivity index (χ1) is 9.83. The van der Waals surface area contributed by atoms with Crippen LogP contribution in [0.15, 0.2) is 58.9 Å². The molecular formula is C15H12ClN3S. The molecule has 0 spiro atoms. The molecule has 100 valence electrons. The van der Waals surface area contributed by atoms with Crippen LogP contribution in [-0.4, -0.2) is 15.7 Å². The fourth-order valence-electron chi connectivity index (χ4n) is 1.90. The predicted octanol–water partition coefficient (Wildman–Crippen LogP) is 4.17. The Balaban J connectivity index is 1.60. The minimum absolute atomic E-state index is 0.720. The molecule has 0 aliphatic carbocycles. The van der Waals surface area contributed by atoms with E-state index in [1.54, 1.807) is 18.0 Å². The molecule has 0 saturated carbocycles. The third-order valence-corrected chi connectivity index (χ3v) is 4.23. The van der Waals surface area contributed by atoms with Crippen molar-refractivity contribution in [1.82, 2.24) is 4.98 Å². The van der Waals surface area contributed by atoms with Crippen molar-refractivity contribution < 1.29 is 0 Å². The Labute approximate surface area is 126 Å². The fourth-order valence-corrected chi connectivity index (χ4v) is 2.96. The van der Waals surface area contributed by atoms with Gasteiger partial charge < -0.3 is 0 Å². The van der Waals surface area contributed by atoms with Gasteiger partial charge in [0.05, 0.1) is 11.4 Å². The van der Waals surface area contributed by atoms with E-state index in [4.69, 9.17) is 11.6 Å². The zero-order valence-corrected chi connectivity index (χ0v) is 12.2. The molecule has 1 aromatic heterocycles. The maximum Gasteiger partial charge on any atom is 0.102 e. The summed E-state index contributed by atoms with van der Waals surface area (Å²) in [6.45, 7) is 0. The third-order valence-electron chi connectivity index (χ3n) is 2.90. The van der Waals surface area contributed by atoms with Crippen molar-refractivity contribution >= 4 is 34.1 Å². The Bertz CT molecular complexity index is 668. The second-order valence-electron chi connectivity index (χ2n) is 4.31. The van der Waals surface area contributed by atoms with Crippen LogP contribution < -0.4 is 0 Å². The van der Waals surface area contributed by atoms with Gasteiger partial charge in [-0.2, -0.15) is 5.10 Å². The summed E-state index contributed by atoms with van der Waals surface area (Å²) in [5, 5.41) is 10.2. The summed E-state index contributed by atoms with van der Waals surface area (Å²) in [5.74, 6) is 0.811. The molecule has 0 amide bonds. The van der Waals surface area contributed by atoms with E-state index in [9.17, 15) is 0 Å². The Morgan fingerprint density at radius 2 is 1.90 bits per heavy atom. The first-order valence-electron chi connectivity index (χ1n) is 6.24. The second kappa shape index (κ2) is 6.20. The van der Waals surface area contributed by atoms with Gasteiger partial charge in [0.15, 0.2) is 0 Å². The molecule has 0 unspecified atom stereocenters. The van der Waals surface area contributed by atoms with Crippen LogP contribution in [0.3, 0.4) is 0 Å². The Kier molecular flexibility index (Phi) is 4.14. The number of hydrogen-bond acceptors (Lipinski definition) is 4. The predicted molar refractivity (Wildman–Crippen MR) is 85.6 cm³/mol. The van der Waals surface area contributed by atoms with E-state index in [1.807, 2.05) is 42.5 Å². The van der Waals surface area contributed by atoms with Crippen molar-refractivity contribution in [3.05, 3.63) is 64.9 Å². The summed E-state index contributed by atoms with van der Waals surface area (Å²) in [7, 11) is 0. The van der Waals surface area contributed by atoms with Crippen LogP contribution in [0.1, 0.15) is 17.7 Å². The molecular weight excluding hydrogens is 290 g/mol. The van der Waals surface area contributed by atoms with E-state index in [1.165, 1.54) is 0 Å². The lowest BCUT2D eigenvalue weighted by atomic mass is 10.1. The average Bonchev–Trinajstić information content (AvgIpc) is 2.95. The molecule has 20 heavy (non-hydrogen) atoms. The van der Waals surface area contributed by atoms with E-state index in [2.05, 4.69) is 15.2 Å². The van der Waals surface area contributed by atoms with Crippen LogP contribution in [0.2, 0.25) is 5.02 Å². The third kappa shape index (κ3) is 3.08. The maximum atomic E-state index is 6.18. The lowest BCUT2D eigenvalue weighted by Gasteiger charge is -2.03. The van der Waals surface area contributed by atoms with Gasteiger partial charge in [-0.15, -0.1) is 16.9 Å². The van der Waals surface area contributed by atoms with Crippen LogP contribution in [0.25, 0.3) is 0 Å². The first-order valence-corrected chi connectivity index (χ1v) is 7.60. The molecule has 0 saturated heterocycles. The van der Waals surface area contributed by atoms with Gasteiger partial charge in [0, 0.05) is 29.0 Å². The van der Waals surface area contributed by atoms with Crippen molar-refractivity contribution in [2.75, 3.05) is 0 Å². The fraction of sp³-hybridized carbons (Fsp3) is 0.133. The van der Waals surface area contributed by atoms with E-state index >= 15 is 0 Å². The van der Waals surface area contributed by atoms with Gasteiger partial charge in [0.2, 0.25) is 0 Å². The zero-order valence-electron chi connectivity index (χ0n) is 10.7. The number of aromatic nitrogens is 1. The van der Waals surface area contributed by atoms with Crippen molar-refractivity contribution in [3.8, 4) is 0 Å². The van der Waals surface area contributed by atoms with Gasteiger partial charge in [-0.25, -0.2) is 0 Å². The zero-order chi connectivity index (χ0) is 13.8. The smallest absolute Gasteiger partial charge is 0.102 e. The van der Waals surface area contributed by atoms with Crippen LogP contribution in [0.5, 0.6) is 0 Å². The molecule has 2 heterocycles. The lowest BCUT2D eigenvalue weighted by molar-refractivity contribution is 1.18. The molecule has 0 bridgehead atoms. The topological polar surface area (TPSA) is 37.6 Å². The van der Waals surface area contributed by atoms with Crippen molar-refractivity contribution in [2.24, 2.45) is 10.2 Å². The number of halogens is 1. The van der Waals surface area contributed by atoms with Crippen LogP contribution in [-0.2, 0) is 5.75 Å². The Hall–Kier alpha value is -1.65. The van der Waals surface area contributed by atoms with Crippen molar-refractivity contribution in [1.29, 1.82) is 0 Å². The molecule has 0 atom stereocenters. The number of hydrogen-bond donors (Lipinski definition) is 0. The van der Waals surface area contributed by atoms with Crippen molar-refractivity contribution in [2.45, 2.75) is 12.2 Å². The average molecular weight is 302 g/mol. The number of rotatable bonds is 3. The highest BCUT2D eigenvalue weighted by molar-refractivity contribution is 8.13. The van der Waals surface area contributed by atoms with E-state index in [0.717, 1.165) is 39.2 Å². The van der Waals surface area contributed by atoms with Gasteiger partial charge in [-0.1, -0.05) is 35.9 Å². The van der Waals surface area contributed by atoms with E-state index in [-0.39, 0.29) is 0 Å². The summed E-state index contributed by atoms with van der Waals surface area (Å²) < 4.78 is 0. The molecule has 3 rings (SSSR count). The lowest BCUT2D eigenvalue weighted by Crippen LogP contribution is -2.02. The maximum absolute atomic E-state index is 6.18. The SMILES string of the molecule is Clc1ccccc1C1=NN=C(SCc2ccccn2)C1. The van der Waals surface area contributed by atoms with Gasteiger partial charge in [-0.3, -0.25) is 4.98 Å². The summed E-state index contributed by atoms with van der Waals surface area (Å²) in [5.41, 5.74) is 2.94. The largest absolute Gasteiger partial charge is 0.260 e. The molecule has 1 aromatic carbocycles. The summed E-state index contributed by atoms with van der Waals surface area (Å²) in [6.07, 6.45) is 2.54. The van der Waals surface area contributed by atoms with Gasteiger partial charge in [0.1, 0.15) is 5.04 Å². The van der Waals surface area contributed by atoms with Gasteiger partial charge in [-0.05, 0) is 18.2 Å². The molecule has 0 radical (unpaired) electrons. The number of benzene rings is 1. The normalized spacial score (nSPS) is 14.1. The molecule has 0 fully saturated rings. The highest BCUT2D eigenvalue weighted by atomic mass is 35.5. The standard InChI is InChI=1S/C15H12ClN3S/c16-13-7-2-1-6-12(13)14-9-15(19-18-14)20-10-11-5-3-4-8-17-11/h1-8H,9-10H2. The monoisotopic (exact) mass is 301 g/mol. The van der Waals surface area contributed by atoms with Crippen LogP contribution in [0, 0.1) is 0 Å². The molecule has 0 N–H and O–H groups in total. The molecule has 3 nitrogen and oxygen atoms in total. The van der Waals surface area contributed by atoms with Gasteiger partial charge >= 0.3 is 0 Å². The molecule has 1 aliphatic heterocycles. The molecule has 2 aromatic rings. The van der Waals surface area contributed by atoms with E-state index in [0.29, 0.717) is 0 Å². The minimum Gasteiger partial charge on any atom is -0.260 e. The molecule has 1 aliphatic rings. The summed E-state index contributed by atoms with van der Waals surface area (Å²) in [6, 6.07) is 13.6. The number of nitrogens with zero attached hydrogens (tertiary/aromatic N) is 3. The quantitative estimate of drug-likeness (QED) is 0.853. The molecule has 5 heteroatoms. The second-order valence-corrected chi connectivity index (χ2v) is 5.76. The summed E-state index contributed by atoms with van der Waals surface area (Å²) >= 11 is 7.85. The highest BCUT2D eigenvalue weighted by Crippen LogP contribution is 2.24. The van der Waals surface area contributed by atoms with Crippen LogP contribution in [0.4, 0.5) is 0 Å². The number of thioether (sulfide) groups is 1. The Morgan fingerprint density at radius 1 is 1.05 bits per heavy atom. The van der Waals surface area contributed by atoms with Crippen molar-refractivity contribution in [3.63, 3.8) is 0 Å².